The van der Waals surface area contributed by atoms with Crippen LogP contribution in [0, 0.1) is 24.7 Å². The number of carboxylic acids is 1. The first kappa shape index (κ1) is 57.4. The lowest BCUT2D eigenvalue weighted by Crippen LogP contribution is -2.25. The second-order valence-electron chi connectivity index (χ2n) is 15.2. The molecule has 2 atom stereocenters. The summed E-state index contributed by atoms with van der Waals surface area (Å²) in [5.74, 6) is 4.27. The molecule has 0 bridgehead atoms. The number of rotatable bonds is 22. The average Bonchev–Trinajstić information content (AvgIpc) is 3.34. The molecule has 6 aromatic rings. The summed E-state index contributed by atoms with van der Waals surface area (Å²) in [6.07, 6.45) is 16.3. The molecule has 0 saturated heterocycles. The van der Waals surface area contributed by atoms with Gasteiger partial charge in [0, 0.05) is 36.8 Å². The molecule has 2 unspecified atom stereocenters. The Labute approximate surface area is 417 Å². The van der Waals surface area contributed by atoms with Crippen LogP contribution in [0.2, 0.25) is 0 Å². The minimum atomic E-state index is -3.38. The number of carbonyl (C=O) groups is 2. The topological polar surface area (TPSA) is 371 Å². The van der Waals surface area contributed by atoms with E-state index in [9.17, 15) is 18.7 Å². The highest BCUT2D eigenvalue weighted by atomic mass is 31.2. The molecule has 0 fully saturated rings. The third kappa shape index (κ3) is 17.0. The Bertz CT molecular complexity index is 2920. The lowest BCUT2D eigenvalue weighted by Gasteiger charge is -2.18. The molecular formula is C47H60N14O9P2. The lowest BCUT2D eigenvalue weighted by atomic mass is 9.91. The highest BCUT2D eigenvalue weighted by Gasteiger charge is 2.25. The number of nitrogens with one attached hydrogen (secondary N) is 1. The highest BCUT2D eigenvalue weighted by molar-refractivity contribution is 7.54. The standard InChI is InChI=1S/C23H28N7O4P.C18H16N6O2.C6H16NO3P/c1-4-7-17(12-18-13-26-21-19(28-18)20(24)29-23(25)30-21)15-8-10-16(11-9-15)22(31)27-14-35(32,33-5-2)34-6-3;1-2-3-12(10-4-6-11(7-5-10)17(25)26)8-13-9-21-16-14(22-13)15(19)23-18(20)24-16;1-3-9-11(8,6-5-7)10-4-2/h1,8-11,13,17H,5-7,12,14H2,2-3H3,(H,27,31)(H4,24,25,26,29,30);1,4-7,9,12H,3,8H2,(H,25,26)(H4,19,20,21,23,24);3-7H2,1-2H3. The van der Waals surface area contributed by atoms with Crippen LogP contribution in [0.4, 0.5) is 23.5 Å². The number of carbonyl (C=O) groups excluding carboxylic acids is 1. The van der Waals surface area contributed by atoms with Crippen molar-refractivity contribution < 1.29 is 41.9 Å². The number of terminal acetylenes is 2. The molecule has 1 amide bonds. The maximum absolute atomic E-state index is 12.6. The van der Waals surface area contributed by atoms with Crippen LogP contribution in [0.5, 0.6) is 0 Å². The maximum atomic E-state index is 12.6. The van der Waals surface area contributed by atoms with Crippen molar-refractivity contribution in [3.8, 4) is 24.7 Å². The summed E-state index contributed by atoms with van der Waals surface area (Å²) in [5, 5.41) is 11.6. The molecule has 382 valence electrons. The second kappa shape index (κ2) is 28.0. The molecule has 0 aliphatic rings. The lowest BCUT2D eigenvalue weighted by molar-refractivity contribution is 0.0696. The minimum Gasteiger partial charge on any atom is -0.478 e. The van der Waals surface area contributed by atoms with Gasteiger partial charge in [-0.3, -0.25) is 13.9 Å². The fourth-order valence-electron chi connectivity index (χ4n) is 6.88. The Morgan fingerprint density at radius 2 is 1.04 bits per heavy atom. The first-order valence-corrected chi connectivity index (χ1v) is 26.0. The number of benzene rings is 2. The highest BCUT2D eigenvalue weighted by Crippen LogP contribution is 2.47. The summed E-state index contributed by atoms with van der Waals surface area (Å²) < 4.78 is 44.4. The number of aromatic nitrogens is 8. The molecule has 72 heavy (non-hydrogen) atoms. The third-order valence-corrected chi connectivity index (χ3v) is 14.0. The average molecular weight is 1030 g/mol. The molecule has 12 N–H and O–H groups in total. The Morgan fingerprint density at radius 1 is 0.639 bits per heavy atom. The van der Waals surface area contributed by atoms with E-state index in [2.05, 4.69) is 57.0 Å². The molecule has 0 aliphatic heterocycles. The number of carboxylic acid groups (broad SMARTS) is 1. The molecule has 6 rings (SSSR count). The van der Waals surface area contributed by atoms with Crippen LogP contribution in [0.1, 0.15) is 95.6 Å². The van der Waals surface area contributed by atoms with E-state index in [-0.39, 0.29) is 66.3 Å². The number of anilines is 4. The largest absolute Gasteiger partial charge is 0.478 e. The number of fused-ring (bicyclic) bond motifs is 2. The Kier molecular flexibility index (Phi) is 22.3. The van der Waals surface area contributed by atoms with Gasteiger partial charge in [-0.25, -0.2) is 24.7 Å². The zero-order chi connectivity index (χ0) is 52.8. The molecule has 2 aromatic carbocycles. The van der Waals surface area contributed by atoms with Crippen molar-refractivity contribution in [3.63, 3.8) is 0 Å². The summed E-state index contributed by atoms with van der Waals surface area (Å²) in [4.78, 5) is 57.0. The van der Waals surface area contributed by atoms with Gasteiger partial charge in [0.2, 0.25) is 11.9 Å². The van der Waals surface area contributed by atoms with Crippen LogP contribution >= 0.6 is 15.2 Å². The van der Waals surface area contributed by atoms with Gasteiger partial charge in [0.25, 0.3) is 5.91 Å². The predicted octanol–water partition coefficient (Wildman–Crippen LogP) is 5.73. The molecule has 23 nitrogen and oxygen atoms in total. The van der Waals surface area contributed by atoms with Gasteiger partial charge in [-0.2, -0.15) is 19.9 Å². The normalized spacial score (nSPS) is 12.0. The molecule has 25 heteroatoms. The summed E-state index contributed by atoms with van der Waals surface area (Å²) in [6, 6.07) is 13.7. The zero-order valence-electron chi connectivity index (χ0n) is 40.4. The Hall–Kier alpha value is -7.20. The third-order valence-electron chi connectivity index (χ3n) is 10.1. The van der Waals surface area contributed by atoms with Crippen LogP contribution in [-0.2, 0) is 40.1 Å². The fraction of sp³-hybridized carbons (Fsp3) is 0.362. The van der Waals surface area contributed by atoms with Gasteiger partial charge in [0.15, 0.2) is 34.0 Å². The Balaban J connectivity index is 0.000000266. The van der Waals surface area contributed by atoms with Crippen molar-refractivity contribution in [2.75, 3.05) is 68.4 Å². The van der Waals surface area contributed by atoms with Crippen LogP contribution < -0.4 is 34.0 Å². The predicted molar refractivity (Wildman–Crippen MR) is 276 cm³/mol. The second-order valence-corrected chi connectivity index (χ2v) is 19.5. The van der Waals surface area contributed by atoms with Gasteiger partial charge in [-0.15, -0.1) is 24.7 Å². The first-order valence-electron chi connectivity index (χ1n) is 22.6. The van der Waals surface area contributed by atoms with Gasteiger partial charge in [0.1, 0.15) is 6.29 Å². The summed E-state index contributed by atoms with van der Waals surface area (Å²) >= 11 is 0. The fourth-order valence-corrected chi connectivity index (χ4v) is 9.70. The number of hydrogen-bond donors (Lipinski definition) is 7. The van der Waals surface area contributed by atoms with Gasteiger partial charge in [0.05, 0.1) is 61.9 Å². The number of amides is 1. The van der Waals surface area contributed by atoms with E-state index in [1.165, 1.54) is 0 Å². The number of hydrogen-bond acceptors (Lipinski definition) is 21. The summed E-state index contributed by atoms with van der Waals surface area (Å²) in [6.45, 7) is 8.54. The van der Waals surface area contributed by atoms with Crippen LogP contribution in [0.15, 0.2) is 60.9 Å². The summed E-state index contributed by atoms with van der Waals surface area (Å²) in [7, 11) is -6.23. The monoisotopic (exact) mass is 1030 g/mol. The van der Waals surface area contributed by atoms with Crippen molar-refractivity contribution in [1.82, 2.24) is 45.2 Å². The molecule has 0 radical (unpaired) electrons. The van der Waals surface area contributed by atoms with E-state index in [1.54, 1.807) is 76.5 Å². The number of nitrogen functional groups attached to an aromatic ring is 4. The molecule has 0 saturated carbocycles. The van der Waals surface area contributed by atoms with Crippen molar-refractivity contribution >= 4 is 72.9 Å². The van der Waals surface area contributed by atoms with E-state index >= 15 is 0 Å². The SMILES string of the molecule is C#CCC(Cc1cnc2nc(N)nc(N)c2n1)c1ccc(C(=O)NCP(=O)(OCC)OCC)cc1.C#CCC(Cc1cnc2nc(N)nc(N)c2n1)c1ccc(C(=O)O)cc1.CCOP(=O)(CCN)OCC. The number of nitrogens with zero attached hydrogens (tertiary/aromatic N) is 8. The van der Waals surface area contributed by atoms with Crippen LogP contribution in [0.3, 0.4) is 0 Å². The first-order chi connectivity index (χ1) is 34.4. The summed E-state index contributed by atoms with van der Waals surface area (Å²) in [5.41, 5.74) is 33.4. The van der Waals surface area contributed by atoms with E-state index in [0.717, 1.165) is 11.1 Å². The van der Waals surface area contributed by atoms with E-state index < -0.39 is 21.2 Å². The quantitative estimate of drug-likeness (QED) is 0.0315. The molecule has 4 aromatic heterocycles. The van der Waals surface area contributed by atoms with Crippen LogP contribution in [-0.4, -0.2) is 102 Å². The van der Waals surface area contributed by atoms with Crippen molar-refractivity contribution in [2.45, 2.75) is 65.2 Å². The Morgan fingerprint density at radius 3 is 1.42 bits per heavy atom. The van der Waals surface area contributed by atoms with E-state index in [4.69, 9.17) is 64.7 Å². The van der Waals surface area contributed by atoms with Gasteiger partial charge < -0.3 is 57.2 Å². The molecular weight excluding hydrogens is 967 g/mol. The van der Waals surface area contributed by atoms with Crippen molar-refractivity contribution in [2.24, 2.45) is 5.73 Å². The minimum absolute atomic E-state index is 0.0324. The molecule has 4 heterocycles. The number of aromatic carboxylic acids is 1. The smallest absolute Gasteiger partial charge is 0.349 e. The van der Waals surface area contributed by atoms with Gasteiger partial charge in [-0.1, -0.05) is 24.3 Å². The van der Waals surface area contributed by atoms with Crippen LogP contribution in [0.25, 0.3) is 22.3 Å². The maximum Gasteiger partial charge on any atom is 0.349 e. The zero-order valence-corrected chi connectivity index (χ0v) is 42.2. The van der Waals surface area contributed by atoms with Gasteiger partial charge >= 0.3 is 21.2 Å². The molecule has 0 aliphatic carbocycles. The number of nitrogens with two attached hydrogens (primary N) is 5. The van der Waals surface area contributed by atoms with Crippen molar-refractivity contribution in [3.05, 3.63) is 94.6 Å². The van der Waals surface area contributed by atoms with E-state index in [0.29, 0.717) is 90.9 Å². The van der Waals surface area contributed by atoms with Crippen molar-refractivity contribution in [1.29, 1.82) is 0 Å². The van der Waals surface area contributed by atoms with E-state index in [1.807, 2.05) is 12.1 Å². The van der Waals surface area contributed by atoms with Gasteiger partial charge in [-0.05, 0) is 75.9 Å². The molecule has 0 spiro atoms.